The van der Waals surface area contributed by atoms with Gasteiger partial charge in [0, 0.05) is 12.3 Å². The zero-order valence-electron chi connectivity index (χ0n) is 10.7. The van der Waals surface area contributed by atoms with Crippen LogP contribution in [-0.2, 0) is 19.1 Å². The molecule has 0 radical (unpaired) electrons. The molecule has 0 N–H and O–H groups in total. The molecule has 1 unspecified atom stereocenters. The minimum Gasteiger partial charge on any atom is -0.461 e. The van der Waals surface area contributed by atoms with Crippen LogP contribution in [-0.4, -0.2) is 28.8 Å². The number of esters is 2. The highest BCUT2D eigenvalue weighted by molar-refractivity contribution is 6.29. The lowest BCUT2D eigenvalue weighted by Crippen LogP contribution is -2.35. The van der Waals surface area contributed by atoms with Crippen molar-refractivity contribution in [3.05, 3.63) is 23.5 Å². The zero-order valence-corrected chi connectivity index (χ0v) is 11.4. The number of ketones is 1. The number of pyridine rings is 1. The summed E-state index contributed by atoms with van der Waals surface area (Å²) in [5.74, 6) is -3.93. The van der Waals surface area contributed by atoms with Gasteiger partial charge in [0.2, 0.25) is 5.92 Å². The van der Waals surface area contributed by atoms with E-state index in [0.29, 0.717) is 0 Å². The third-order valence-electron chi connectivity index (χ3n) is 2.60. The molecule has 1 fully saturated rings. The summed E-state index contributed by atoms with van der Waals surface area (Å²) in [6.45, 7) is 1.14. The van der Waals surface area contributed by atoms with Gasteiger partial charge in [-0.1, -0.05) is 11.6 Å². The molecule has 1 saturated carbocycles. The summed E-state index contributed by atoms with van der Waals surface area (Å²) in [5.41, 5.74) is 0. The Morgan fingerprint density at radius 3 is 2.60 bits per heavy atom. The summed E-state index contributed by atoms with van der Waals surface area (Å²) < 4.78 is 9.93. The third kappa shape index (κ3) is 3.77. The van der Waals surface area contributed by atoms with Crippen LogP contribution in [0.2, 0.25) is 5.15 Å². The number of hydrogen-bond donors (Lipinski definition) is 0. The number of hydrogen-bond acceptors (Lipinski definition) is 6. The van der Waals surface area contributed by atoms with Crippen LogP contribution in [0, 0.1) is 5.92 Å². The predicted octanol–water partition coefficient (Wildman–Crippen LogP) is 1.55. The van der Waals surface area contributed by atoms with E-state index in [2.05, 4.69) is 4.98 Å². The van der Waals surface area contributed by atoms with Gasteiger partial charge in [-0.15, -0.1) is 0 Å². The second kappa shape index (κ2) is 6.00. The number of rotatable bonds is 5. The second-order valence-corrected chi connectivity index (χ2v) is 4.80. The molecule has 6 nitrogen and oxygen atoms in total. The molecular formula is C13H12ClNO5. The highest BCUT2D eigenvalue weighted by Crippen LogP contribution is 2.25. The topological polar surface area (TPSA) is 82.6 Å². The predicted molar refractivity (Wildman–Crippen MR) is 68.2 cm³/mol. The number of ether oxygens (including phenoxy) is 2. The van der Waals surface area contributed by atoms with Crippen LogP contribution in [0.5, 0.6) is 5.75 Å². The van der Waals surface area contributed by atoms with E-state index in [-0.39, 0.29) is 17.0 Å². The van der Waals surface area contributed by atoms with Crippen LogP contribution in [0.3, 0.4) is 0 Å². The number of halogens is 1. The Kier molecular flexibility index (Phi) is 4.34. The first-order valence-electron chi connectivity index (χ1n) is 6.01. The van der Waals surface area contributed by atoms with Crippen LogP contribution in [0.1, 0.15) is 19.8 Å². The molecule has 7 heteroatoms. The number of Topliss-reactive ketones (excluding diaryl/α,β-unsaturated/α-hetero) is 1. The number of carbonyl (C=O) groups excluding carboxylic acids is 3. The summed E-state index contributed by atoms with van der Waals surface area (Å²) in [6.07, 6.45) is 2.67. The van der Waals surface area contributed by atoms with Crippen molar-refractivity contribution in [1.82, 2.24) is 4.98 Å². The smallest absolute Gasteiger partial charge is 0.333 e. The maximum absolute atomic E-state index is 11.9. The molecule has 0 amide bonds. The van der Waals surface area contributed by atoms with E-state index in [1.54, 1.807) is 0 Å². The van der Waals surface area contributed by atoms with Crippen LogP contribution < -0.4 is 4.74 Å². The molecular weight excluding hydrogens is 286 g/mol. The van der Waals surface area contributed by atoms with Gasteiger partial charge in [0.1, 0.15) is 17.0 Å². The molecule has 106 valence electrons. The Morgan fingerprint density at radius 2 is 2.05 bits per heavy atom. The van der Waals surface area contributed by atoms with Crippen molar-refractivity contribution < 1.29 is 23.9 Å². The first-order valence-corrected chi connectivity index (χ1v) is 6.39. The fourth-order valence-electron chi connectivity index (χ4n) is 1.47. The minimum atomic E-state index is -1.57. The van der Waals surface area contributed by atoms with Crippen molar-refractivity contribution in [1.29, 1.82) is 0 Å². The van der Waals surface area contributed by atoms with Crippen LogP contribution in [0.25, 0.3) is 0 Å². The number of nitrogens with zero attached hydrogens (tertiary/aromatic N) is 1. The maximum atomic E-state index is 11.9. The SMILES string of the molecule is CC(=O)C(C(=O)Oc1ccnc(Cl)c1)C(=O)OC1CC1. The van der Waals surface area contributed by atoms with E-state index in [1.165, 1.54) is 18.3 Å². The molecule has 0 bridgehead atoms. The lowest BCUT2D eigenvalue weighted by Gasteiger charge is -2.12. The van der Waals surface area contributed by atoms with Crippen molar-refractivity contribution in [2.75, 3.05) is 0 Å². The molecule has 0 saturated heterocycles. The van der Waals surface area contributed by atoms with Gasteiger partial charge in [-0.3, -0.25) is 14.4 Å². The van der Waals surface area contributed by atoms with Crippen molar-refractivity contribution in [3.63, 3.8) is 0 Å². The van der Waals surface area contributed by atoms with E-state index in [0.717, 1.165) is 19.8 Å². The minimum absolute atomic E-state index is 0.112. The molecule has 1 aliphatic carbocycles. The van der Waals surface area contributed by atoms with E-state index in [1.807, 2.05) is 0 Å². The fraction of sp³-hybridized carbons (Fsp3) is 0.385. The highest BCUT2D eigenvalue weighted by atomic mass is 35.5. The molecule has 0 aliphatic heterocycles. The Labute approximate surface area is 120 Å². The van der Waals surface area contributed by atoms with Gasteiger partial charge in [0.25, 0.3) is 0 Å². The van der Waals surface area contributed by atoms with Gasteiger partial charge < -0.3 is 9.47 Å². The highest BCUT2D eigenvalue weighted by Gasteiger charge is 2.38. The zero-order chi connectivity index (χ0) is 14.7. The monoisotopic (exact) mass is 297 g/mol. The molecule has 2 rings (SSSR count). The van der Waals surface area contributed by atoms with Crippen LogP contribution in [0.4, 0.5) is 0 Å². The van der Waals surface area contributed by atoms with Crippen molar-refractivity contribution in [2.45, 2.75) is 25.9 Å². The van der Waals surface area contributed by atoms with E-state index < -0.39 is 23.6 Å². The van der Waals surface area contributed by atoms with Crippen molar-refractivity contribution in [2.24, 2.45) is 5.92 Å². The van der Waals surface area contributed by atoms with E-state index in [9.17, 15) is 14.4 Å². The molecule has 1 aromatic rings. The average Bonchev–Trinajstić information content (AvgIpc) is 3.12. The Morgan fingerprint density at radius 1 is 1.35 bits per heavy atom. The summed E-state index contributed by atoms with van der Waals surface area (Å²) in [6, 6.07) is 2.70. The fourth-order valence-corrected chi connectivity index (χ4v) is 1.63. The van der Waals surface area contributed by atoms with Gasteiger partial charge in [0.05, 0.1) is 0 Å². The third-order valence-corrected chi connectivity index (χ3v) is 2.81. The van der Waals surface area contributed by atoms with Crippen molar-refractivity contribution >= 4 is 29.3 Å². The van der Waals surface area contributed by atoms with E-state index in [4.69, 9.17) is 21.1 Å². The molecule has 0 aromatic carbocycles. The normalized spacial score (nSPS) is 15.3. The van der Waals surface area contributed by atoms with Gasteiger partial charge in [-0.2, -0.15) is 0 Å². The summed E-state index contributed by atoms with van der Waals surface area (Å²) >= 11 is 5.65. The lowest BCUT2D eigenvalue weighted by atomic mass is 10.1. The van der Waals surface area contributed by atoms with E-state index >= 15 is 0 Å². The number of aromatic nitrogens is 1. The van der Waals surface area contributed by atoms with Gasteiger partial charge >= 0.3 is 11.9 Å². The molecule has 1 heterocycles. The van der Waals surface area contributed by atoms with Gasteiger partial charge in [-0.25, -0.2) is 4.98 Å². The Hall–Kier alpha value is -1.95. The summed E-state index contributed by atoms with van der Waals surface area (Å²) in [7, 11) is 0. The molecule has 20 heavy (non-hydrogen) atoms. The quantitative estimate of drug-likeness (QED) is 0.466. The summed E-state index contributed by atoms with van der Waals surface area (Å²) in [4.78, 5) is 38.8. The maximum Gasteiger partial charge on any atom is 0.333 e. The van der Waals surface area contributed by atoms with Crippen molar-refractivity contribution in [3.8, 4) is 5.75 Å². The average molecular weight is 298 g/mol. The molecule has 1 aromatic heterocycles. The number of carbonyl (C=O) groups is 3. The second-order valence-electron chi connectivity index (χ2n) is 4.42. The Balaban J connectivity index is 2.06. The van der Waals surface area contributed by atoms with Gasteiger partial charge in [-0.05, 0) is 25.8 Å². The van der Waals surface area contributed by atoms with Crippen LogP contribution in [0.15, 0.2) is 18.3 Å². The largest absolute Gasteiger partial charge is 0.461 e. The Bertz CT molecular complexity index is 555. The lowest BCUT2D eigenvalue weighted by molar-refractivity contribution is -0.160. The molecule has 0 spiro atoms. The van der Waals surface area contributed by atoms with Crippen LogP contribution >= 0.6 is 11.6 Å². The first-order chi connectivity index (χ1) is 9.47. The standard InChI is InChI=1S/C13H12ClNO5/c1-7(16)11(12(17)19-8-2-3-8)13(18)20-9-4-5-15-10(14)6-9/h4-6,8,11H,2-3H2,1H3. The molecule has 1 atom stereocenters. The molecule has 1 aliphatic rings. The van der Waals surface area contributed by atoms with Gasteiger partial charge in [0.15, 0.2) is 5.78 Å². The summed E-state index contributed by atoms with van der Waals surface area (Å²) in [5, 5.41) is 0.134. The first kappa shape index (κ1) is 14.5.